The molecule has 2 aromatic rings. The van der Waals surface area contributed by atoms with Gasteiger partial charge in [-0.25, -0.2) is 18.0 Å². The summed E-state index contributed by atoms with van der Waals surface area (Å²) in [6.07, 6.45) is -0.114. The minimum absolute atomic E-state index is 0.355. The van der Waals surface area contributed by atoms with E-state index in [1.165, 1.54) is 6.92 Å². The third kappa shape index (κ3) is 5.73. The number of β-lactam (4-membered cyclic amide) rings is 1. The van der Waals surface area contributed by atoms with Gasteiger partial charge >= 0.3 is 17.9 Å². The summed E-state index contributed by atoms with van der Waals surface area (Å²) in [7, 11) is -4.45. The molecule has 0 aliphatic carbocycles. The molecule has 1 amide bonds. The van der Waals surface area contributed by atoms with Crippen LogP contribution in [0.15, 0.2) is 72.3 Å². The van der Waals surface area contributed by atoms with Gasteiger partial charge in [-0.3, -0.25) is 9.59 Å². The van der Waals surface area contributed by atoms with Gasteiger partial charge in [0.1, 0.15) is 22.8 Å². The number of benzene rings is 2. The molecule has 0 saturated carbocycles. The molecule has 0 bridgehead atoms. The zero-order valence-electron chi connectivity index (χ0n) is 22.9. The Morgan fingerprint density at radius 1 is 1.02 bits per heavy atom. The number of hydrogen-bond acceptors (Lipinski definition) is 9. The maximum Gasteiger partial charge on any atom is 0.331 e. The highest BCUT2D eigenvalue weighted by Crippen LogP contribution is 2.49. The van der Waals surface area contributed by atoms with Crippen molar-refractivity contribution in [3.63, 3.8) is 0 Å². The Hall–Kier alpha value is -3.70. The minimum Gasteiger partial charge on any atom is -0.463 e. The van der Waals surface area contributed by atoms with Gasteiger partial charge in [0, 0.05) is 6.08 Å². The van der Waals surface area contributed by atoms with Gasteiger partial charge < -0.3 is 19.1 Å². The SMILES string of the molecule is CC(C)(C)OC(=O)/C=C1/C(=O)N2C1S(=O)(=O)[C@@](C)(COC(=O)CCl)[C@@H]2C(=O)OC(c1ccccc1)c1ccccc1. The van der Waals surface area contributed by atoms with E-state index in [0.717, 1.165) is 11.0 Å². The molecule has 0 radical (unpaired) electrons. The Labute approximate surface area is 243 Å². The monoisotopic (exact) mass is 603 g/mol. The molecule has 10 nitrogen and oxygen atoms in total. The molecule has 2 aliphatic heterocycles. The van der Waals surface area contributed by atoms with Gasteiger partial charge in [0.25, 0.3) is 5.91 Å². The molecule has 2 saturated heterocycles. The Bertz CT molecular complexity index is 1450. The summed E-state index contributed by atoms with van der Waals surface area (Å²) in [5.74, 6) is -4.25. The molecule has 0 N–H and O–H groups in total. The smallest absolute Gasteiger partial charge is 0.331 e. The van der Waals surface area contributed by atoms with Crippen LogP contribution >= 0.6 is 11.6 Å². The molecule has 41 heavy (non-hydrogen) atoms. The molecular weight excluding hydrogens is 574 g/mol. The summed E-state index contributed by atoms with van der Waals surface area (Å²) in [5.41, 5.74) is -0.0252. The van der Waals surface area contributed by atoms with Crippen LogP contribution in [0, 0.1) is 0 Å². The third-order valence-electron chi connectivity index (χ3n) is 6.77. The van der Waals surface area contributed by atoms with Crippen molar-refractivity contribution >= 4 is 45.3 Å². The summed E-state index contributed by atoms with van der Waals surface area (Å²) in [5, 5.41) is -1.65. The van der Waals surface area contributed by atoms with Crippen LogP contribution in [0.5, 0.6) is 0 Å². The lowest BCUT2D eigenvalue weighted by Crippen LogP contribution is -2.60. The molecule has 0 spiro atoms. The Balaban J connectivity index is 1.75. The number of halogens is 1. The molecule has 12 heteroatoms. The molecular formula is C29H30ClNO9S. The largest absolute Gasteiger partial charge is 0.463 e. The fourth-order valence-corrected chi connectivity index (χ4v) is 7.21. The van der Waals surface area contributed by atoms with Crippen molar-refractivity contribution in [1.82, 2.24) is 4.90 Å². The summed E-state index contributed by atoms with van der Waals surface area (Å²) in [4.78, 5) is 52.4. The van der Waals surface area contributed by atoms with Gasteiger partial charge in [-0.15, -0.1) is 11.6 Å². The summed E-state index contributed by atoms with van der Waals surface area (Å²) >= 11 is 5.54. The number of nitrogens with zero attached hydrogens (tertiary/aromatic N) is 1. The summed E-state index contributed by atoms with van der Waals surface area (Å²) < 4.78 is 42.0. The number of fused-ring (bicyclic) bond motifs is 1. The van der Waals surface area contributed by atoms with Crippen molar-refractivity contribution in [3.8, 4) is 0 Å². The number of alkyl halides is 1. The second-order valence-electron chi connectivity index (χ2n) is 10.9. The predicted molar refractivity (Wildman–Crippen MR) is 148 cm³/mol. The summed E-state index contributed by atoms with van der Waals surface area (Å²) in [6.45, 7) is 5.28. The van der Waals surface area contributed by atoms with Crippen molar-refractivity contribution in [3.05, 3.63) is 83.4 Å². The molecule has 2 aromatic carbocycles. The number of carbonyl (C=O) groups excluding carboxylic acids is 4. The maximum atomic E-state index is 13.9. The van der Waals surface area contributed by atoms with Gasteiger partial charge in [-0.2, -0.15) is 0 Å². The first-order chi connectivity index (χ1) is 19.2. The first-order valence-corrected chi connectivity index (χ1v) is 14.8. The minimum atomic E-state index is -4.45. The van der Waals surface area contributed by atoms with Gasteiger partial charge in [0.05, 0.1) is 5.57 Å². The van der Waals surface area contributed by atoms with Crippen molar-refractivity contribution < 1.29 is 41.8 Å². The lowest BCUT2D eigenvalue weighted by atomic mass is 9.94. The van der Waals surface area contributed by atoms with E-state index in [0.29, 0.717) is 11.1 Å². The Morgan fingerprint density at radius 3 is 2.05 bits per heavy atom. The van der Waals surface area contributed by atoms with Crippen LogP contribution in [0.25, 0.3) is 0 Å². The number of sulfone groups is 1. The maximum absolute atomic E-state index is 13.9. The number of carbonyl (C=O) groups is 4. The van der Waals surface area contributed by atoms with Crippen molar-refractivity contribution in [1.29, 1.82) is 0 Å². The molecule has 218 valence electrons. The molecule has 3 atom stereocenters. The lowest BCUT2D eigenvalue weighted by Gasteiger charge is -2.39. The quantitative estimate of drug-likeness (QED) is 0.147. The van der Waals surface area contributed by atoms with Crippen LogP contribution < -0.4 is 0 Å². The number of rotatable bonds is 8. The van der Waals surface area contributed by atoms with Crippen molar-refractivity contribution in [2.45, 2.75) is 55.6 Å². The van der Waals surface area contributed by atoms with Crippen LogP contribution in [0.1, 0.15) is 44.9 Å². The van der Waals surface area contributed by atoms with E-state index in [2.05, 4.69) is 0 Å². The van der Waals surface area contributed by atoms with Gasteiger partial charge in [0.2, 0.25) is 0 Å². The van der Waals surface area contributed by atoms with Crippen LogP contribution in [0.4, 0.5) is 0 Å². The molecule has 1 unspecified atom stereocenters. The fraction of sp³-hybridized carbons (Fsp3) is 0.379. The zero-order valence-corrected chi connectivity index (χ0v) is 24.5. The van der Waals surface area contributed by atoms with Gasteiger partial charge in [-0.05, 0) is 38.8 Å². The average Bonchev–Trinajstić information content (AvgIpc) is 3.09. The number of hydrogen-bond donors (Lipinski definition) is 0. The average molecular weight is 604 g/mol. The van der Waals surface area contributed by atoms with Crippen LogP contribution in [0.2, 0.25) is 0 Å². The number of esters is 3. The van der Waals surface area contributed by atoms with Gasteiger partial charge in [-0.1, -0.05) is 60.7 Å². The number of ether oxygens (including phenoxy) is 3. The van der Waals surface area contributed by atoms with Crippen molar-refractivity contribution in [2.24, 2.45) is 0 Å². The van der Waals surface area contributed by atoms with Crippen LogP contribution in [0.3, 0.4) is 0 Å². The zero-order chi connectivity index (χ0) is 30.2. The van der Waals surface area contributed by atoms with E-state index in [4.69, 9.17) is 25.8 Å². The Kier molecular flexibility index (Phi) is 8.33. The van der Waals surface area contributed by atoms with E-state index in [1.807, 2.05) is 0 Å². The second-order valence-corrected chi connectivity index (χ2v) is 13.6. The van der Waals surface area contributed by atoms with Crippen LogP contribution in [-0.4, -0.2) is 71.4 Å². The summed E-state index contributed by atoms with van der Waals surface area (Å²) in [6, 6.07) is 15.9. The van der Waals surface area contributed by atoms with Gasteiger partial charge in [0.15, 0.2) is 27.4 Å². The van der Waals surface area contributed by atoms with Crippen LogP contribution in [-0.2, 0) is 43.2 Å². The number of amides is 1. The molecule has 2 fully saturated rings. The fourth-order valence-electron chi connectivity index (χ4n) is 4.86. The first-order valence-electron chi connectivity index (χ1n) is 12.7. The lowest BCUT2D eigenvalue weighted by molar-refractivity contribution is -0.162. The predicted octanol–water partition coefficient (Wildman–Crippen LogP) is 3.09. The van der Waals surface area contributed by atoms with E-state index in [9.17, 15) is 27.6 Å². The highest BCUT2D eigenvalue weighted by molar-refractivity contribution is 7.94. The third-order valence-corrected chi connectivity index (χ3v) is 9.70. The molecule has 2 heterocycles. The standard InChI is InChI=1S/C29H30ClNO9S/c1-28(2,3)40-21(32)15-20-25(34)31-24(29(4,17-38-22(33)16-30)41(36,37)26(20)31)27(35)39-23(18-11-7-5-8-12-18)19-13-9-6-10-14-19/h5-15,23-24,26H,16-17H2,1-4H3/b20-15-/t24-,26?,29-/m0/s1. The van der Waals surface area contributed by atoms with E-state index in [-0.39, 0.29) is 5.57 Å². The van der Waals surface area contributed by atoms with E-state index >= 15 is 0 Å². The molecule has 0 aromatic heterocycles. The Morgan fingerprint density at radius 2 is 1.56 bits per heavy atom. The molecule has 2 aliphatic rings. The second kappa shape index (κ2) is 11.3. The van der Waals surface area contributed by atoms with Crippen molar-refractivity contribution in [2.75, 3.05) is 12.5 Å². The first kappa shape index (κ1) is 30.3. The normalized spacial score (nSPS) is 24.0. The molecule has 4 rings (SSSR count). The highest BCUT2D eigenvalue weighted by atomic mass is 35.5. The van der Waals surface area contributed by atoms with E-state index < -0.39 is 74.0 Å². The topological polar surface area (TPSA) is 133 Å². The highest BCUT2D eigenvalue weighted by Gasteiger charge is 2.73. The van der Waals surface area contributed by atoms with E-state index in [1.54, 1.807) is 81.4 Å².